The molecule has 0 N–H and O–H groups in total. The van der Waals surface area contributed by atoms with Crippen molar-refractivity contribution in [1.82, 2.24) is 0 Å². The first-order valence-electron chi connectivity index (χ1n) is 9.12. The molecule has 0 aromatic heterocycles. The summed E-state index contributed by atoms with van der Waals surface area (Å²) in [6.07, 6.45) is 3.70. The highest BCUT2D eigenvalue weighted by Gasteiger charge is 2.24. The molecule has 28 heavy (non-hydrogen) atoms. The fourth-order valence-corrected chi connectivity index (χ4v) is 2.64. The molecule has 0 saturated carbocycles. The number of rotatable bonds is 8. The number of aliphatic imine (C=N–C) groups is 1. The highest BCUT2D eigenvalue weighted by Crippen LogP contribution is 2.30. The first-order chi connectivity index (χ1) is 13.6. The van der Waals surface area contributed by atoms with E-state index in [-0.39, 0.29) is 11.6 Å². The van der Waals surface area contributed by atoms with E-state index in [1.54, 1.807) is 44.6 Å². The maximum atomic E-state index is 12.2. The van der Waals surface area contributed by atoms with E-state index < -0.39 is 5.97 Å². The van der Waals surface area contributed by atoms with Crippen LogP contribution in [0.4, 0.5) is 0 Å². The Bertz CT molecular complexity index is 900. The fraction of sp³-hybridized carbons (Fsp3) is 0.273. The van der Waals surface area contributed by atoms with E-state index in [4.69, 9.17) is 18.9 Å². The van der Waals surface area contributed by atoms with Crippen molar-refractivity contribution >= 4 is 17.9 Å². The van der Waals surface area contributed by atoms with Crippen LogP contribution >= 0.6 is 0 Å². The van der Waals surface area contributed by atoms with E-state index >= 15 is 0 Å². The molecule has 0 aliphatic carbocycles. The number of carbonyl (C=O) groups excluding carboxylic acids is 1. The molecule has 0 amide bonds. The quantitative estimate of drug-likeness (QED) is 0.389. The van der Waals surface area contributed by atoms with Crippen LogP contribution in [0.3, 0.4) is 0 Å². The first-order valence-corrected chi connectivity index (χ1v) is 9.12. The predicted molar refractivity (Wildman–Crippen MR) is 107 cm³/mol. The van der Waals surface area contributed by atoms with Crippen molar-refractivity contribution in [3.8, 4) is 17.2 Å². The second-order valence-electron chi connectivity index (χ2n) is 6.18. The zero-order chi connectivity index (χ0) is 19.9. The Balaban J connectivity index is 1.81. The van der Waals surface area contributed by atoms with Gasteiger partial charge in [-0.25, -0.2) is 9.79 Å². The van der Waals surface area contributed by atoms with Gasteiger partial charge >= 0.3 is 5.97 Å². The molecular weight excluding hydrogens is 358 g/mol. The summed E-state index contributed by atoms with van der Waals surface area (Å²) in [7, 11) is 3.18. The molecule has 1 heterocycles. The third-order valence-electron chi connectivity index (χ3n) is 4.20. The molecule has 0 unspecified atom stereocenters. The third kappa shape index (κ3) is 4.52. The zero-order valence-electron chi connectivity index (χ0n) is 16.2. The summed E-state index contributed by atoms with van der Waals surface area (Å²) >= 11 is 0. The summed E-state index contributed by atoms with van der Waals surface area (Å²) in [6.45, 7) is 2.74. The van der Waals surface area contributed by atoms with Gasteiger partial charge in [0.05, 0.1) is 20.8 Å². The van der Waals surface area contributed by atoms with Gasteiger partial charge in [0, 0.05) is 5.56 Å². The number of methoxy groups -OCH3 is 2. The van der Waals surface area contributed by atoms with Crippen LogP contribution in [-0.2, 0) is 9.53 Å². The van der Waals surface area contributed by atoms with Gasteiger partial charge in [-0.15, -0.1) is 0 Å². The van der Waals surface area contributed by atoms with Crippen LogP contribution in [0.5, 0.6) is 17.2 Å². The Labute approximate surface area is 164 Å². The average molecular weight is 381 g/mol. The van der Waals surface area contributed by atoms with Crippen molar-refractivity contribution < 1.29 is 23.7 Å². The lowest BCUT2D eigenvalue weighted by atomic mass is 10.1. The van der Waals surface area contributed by atoms with E-state index in [9.17, 15) is 4.79 Å². The molecule has 0 saturated heterocycles. The van der Waals surface area contributed by atoms with E-state index in [1.807, 2.05) is 18.2 Å². The van der Waals surface area contributed by atoms with Gasteiger partial charge in [0.25, 0.3) is 0 Å². The number of hydrogen-bond acceptors (Lipinski definition) is 6. The monoisotopic (exact) mass is 381 g/mol. The summed E-state index contributed by atoms with van der Waals surface area (Å²) < 4.78 is 21.6. The van der Waals surface area contributed by atoms with Crippen molar-refractivity contribution in [2.24, 2.45) is 4.99 Å². The number of hydrogen-bond donors (Lipinski definition) is 0. The lowest BCUT2D eigenvalue weighted by molar-refractivity contribution is -0.129. The van der Waals surface area contributed by atoms with Crippen molar-refractivity contribution in [3.05, 3.63) is 59.3 Å². The largest absolute Gasteiger partial charge is 0.497 e. The fourth-order valence-electron chi connectivity index (χ4n) is 2.64. The van der Waals surface area contributed by atoms with Crippen LogP contribution in [0.15, 0.2) is 53.2 Å². The summed E-state index contributed by atoms with van der Waals surface area (Å²) in [4.78, 5) is 16.5. The van der Waals surface area contributed by atoms with Crippen molar-refractivity contribution in [3.63, 3.8) is 0 Å². The number of esters is 1. The van der Waals surface area contributed by atoms with Crippen molar-refractivity contribution in [2.75, 3.05) is 20.8 Å². The molecule has 146 valence electrons. The van der Waals surface area contributed by atoms with Gasteiger partial charge in [0.15, 0.2) is 17.2 Å². The molecule has 6 heteroatoms. The Hall–Kier alpha value is -3.28. The maximum Gasteiger partial charge on any atom is 0.363 e. The summed E-state index contributed by atoms with van der Waals surface area (Å²) in [5.41, 5.74) is 1.70. The van der Waals surface area contributed by atoms with Gasteiger partial charge < -0.3 is 18.9 Å². The minimum absolute atomic E-state index is 0.229. The van der Waals surface area contributed by atoms with Gasteiger partial charge in [-0.2, -0.15) is 0 Å². The molecule has 0 spiro atoms. The van der Waals surface area contributed by atoms with Crippen LogP contribution in [-0.4, -0.2) is 32.7 Å². The van der Waals surface area contributed by atoms with E-state index in [1.165, 1.54) is 0 Å². The minimum Gasteiger partial charge on any atom is -0.497 e. The van der Waals surface area contributed by atoms with Gasteiger partial charge in [0.2, 0.25) is 5.90 Å². The molecule has 2 aromatic carbocycles. The lowest BCUT2D eigenvalue weighted by Gasteiger charge is -2.10. The van der Waals surface area contributed by atoms with E-state index in [2.05, 4.69) is 11.9 Å². The molecule has 0 bridgehead atoms. The average Bonchev–Trinajstić information content (AvgIpc) is 3.09. The zero-order valence-corrected chi connectivity index (χ0v) is 16.2. The normalized spacial score (nSPS) is 14.6. The van der Waals surface area contributed by atoms with E-state index in [0.717, 1.165) is 24.2 Å². The van der Waals surface area contributed by atoms with Gasteiger partial charge in [-0.05, 0) is 54.5 Å². The molecule has 0 fully saturated rings. The maximum absolute atomic E-state index is 12.2. The SMILES string of the molecule is CCCCOc1ccc(/C=C2\N=C(c3ccc(OC)cc3)OC2=O)cc1OC. The van der Waals surface area contributed by atoms with Crippen molar-refractivity contribution in [2.45, 2.75) is 19.8 Å². The first kappa shape index (κ1) is 19.5. The molecule has 6 nitrogen and oxygen atoms in total. The van der Waals surface area contributed by atoms with Gasteiger partial charge in [-0.3, -0.25) is 0 Å². The summed E-state index contributed by atoms with van der Waals surface area (Å²) in [5, 5.41) is 0. The Morgan fingerprint density at radius 2 is 1.82 bits per heavy atom. The Kier molecular flexibility index (Phi) is 6.32. The molecular formula is C22H23NO5. The Morgan fingerprint density at radius 3 is 2.50 bits per heavy atom. The minimum atomic E-state index is -0.493. The second-order valence-corrected chi connectivity index (χ2v) is 6.18. The smallest absolute Gasteiger partial charge is 0.363 e. The van der Waals surface area contributed by atoms with Crippen LogP contribution < -0.4 is 14.2 Å². The van der Waals surface area contributed by atoms with Crippen molar-refractivity contribution in [1.29, 1.82) is 0 Å². The number of ether oxygens (including phenoxy) is 4. The highest BCUT2D eigenvalue weighted by molar-refractivity contribution is 6.12. The molecule has 3 rings (SSSR count). The summed E-state index contributed by atoms with van der Waals surface area (Å²) in [6, 6.07) is 12.6. The number of carbonyl (C=O) groups is 1. The summed E-state index contributed by atoms with van der Waals surface area (Å²) in [5.74, 6) is 1.78. The van der Waals surface area contributed by atoms with Crippen LogP contribution in [0.2, 0.25) is 0 Å². The van der Waals surface area contributed by atoms with Crippen LogP contribution in [0, 0.1) is 0 Å². The number of cyclic esters (lactones) is 1. The Morgan fingerprint density at radius 1 is 1.04 bits per heavy atom. The molecule has 2 aromatic rings. The van der Waals surface area contributed by atoms with Crippen LogP contribution in [0.25, 0.3) is 6.08 Å². The number of nitrogens with zero attached hydrogens (tertiary/aromatic N) is 1. The van der Waals surface area contributed by atoms with Gasteiger partial charge in [-0.1, -0.05) is 19.4 Å². The van der Waals surface area contributed by atoms with Gasteiger partial charge in [0.1, 0.15) is 5.75 Å². The van der Waals surface area contributed by atoms with Crippen LogP contribution in [0.1, 0.15) is 30.9 Å². The molecule has 0 radical (unpaired) electrons. The lowest BCUT2D eigenvalue weighted by Crippen LogP contribution is -2.05. The molecule has 1 aliphatic heterocycles. The standard InChI is InChI=1S/C22H23NO5/c1-4-5-12-27-19-11-6-15(14-20(19)26-3)13-18-22(24)28-21(23-18)16-7-9-17(25-2)10-8-16/h6-11,13-14H,4-5,12H2,1-3H3/b18-13-. The predicted octanol–water partition coefficient (Wildman–Crippen LogP) is 4.23. The van der Waals surface area contributed by atoms with E-state index in [0.29, 0.717) is 23.7 Å². The number of benzene rings is 2. The molecule has 0 atom stereocenters. The molecule has 1 aliphatic rings. The highest BCUT2D eigenvalue weighted by atomic mass is 16.6. The third-order valence-corrected chi connectivity index (χ3v) is 4.20. The topological polar surface area (TPSA) is 66.3 Å². The number of unbranched alkanes of at least 4 members (excludes halogenated alkanes) is 1. The second kappa shape index (κ2) is 9.08.